The summed E-state index contributed by atoms with van der Waals surface area (Å²) in [5.74, 6) is -0.509. The molecule has 128 valence electrons. The molecule has 1 amide bonds. The van der Waals surface area contributed by atoms with Crippen molar-refractivity contribution in [1.29, 1.82) is 0 Å². The second-order valence-electron chi connectivity index (χ2n) is 5.58. The average molecular weight is 355 g/mol. The van der Waals surface area contributed by atoms with E-state index < -0.39 is 6.10 Å². The number of methoxy groups -OCH3 is 1. The molecule has 25 heavy (non-hydrogen) atoms. The third kappa shape index (κ3) is 4.32. The van der Waals surface area contributed by atoms with Crippen LogP contribution in [0.15, 0.2) is 65.4 Å². The number of thiophene rings is 1. The molecule has 0 radical (unpaired) electrons. The van der Waals surface area contributed by atoms with Gasteiger partial charge in [-0.2, -0.15) is 11.3 Å². The van der Waals surface area contributed by atoms with Gasteiger partial charge < -0.3 is 10.1 Å². The molecule has 0 bridgehead atoms. The number of carbonyl (C=O) groups is 1. The zero-order valence-corrected chi connectivity index (χ0v) is 14.6. The van der Waals surface area contributed by atoms with Crippen LogP contribution in [0.2, 0.25) is 0 Å². The lowest BCUT2D eigenvalue weighted by atomic mass is 10.1. The standard InChI is InChI=1S/C20H18FNO2S/c1-24-19(16-3-2-4-18(21)11-16)12-22-20(23)15-7-5-14(6-8-15)17-9-10-25-13-17/h2-11,13,19H,12H2,1H3,(H,22,23). The smallest absolute Gasteiger partial charge is 0.251 e. The van der Waals surface area contributed by atoms with Crippen molar-refractivity contribution in [3.63, 3.8) is 0 Å². The van der Waals surface area contributed by atoms with Crippen molar-refractivity contribution in [3.8, 4) is 11.1 Å². The summed E-state index contributed by atoms with van der Waals surface area (Å²) < 4.78 is 18.7. The number of hydrogen-bond acceptors (Lipinski definition) is 3. The first-order valence-electron chi connectivity index (χ1n) is 7.86. The first-order valence-corrected chi connectivity index (χ1v) is 8.81. The molecule has 5 heteroatoms. The van der Waals surface area contributed by atoms with Crippen LogP contribution in [-0.2, 0) is 4.74 Å². The molecule has 0 saturated carbocycles. The highest BCUT2D eigenvalue weighted by atomic mass is 32.1. The van der Waals surface area contributed by atoms with Crippen molar-refractivity contribution >= 4 is 17.2 Å². The van der Waals surface area contributed by atoms with Gasteiger partial charge in [-0.15, -0.1) is 0 Å². The monoisotopic (exact) mass is 355 g/mol. The van der Waals surface area contributed by atoms with E-state index in [-0.39, 0.29) is 18.3 Å². The van der Waals surface area contributed by atoms with Crippen LogP contribution >= 0.6 is 11.3 Å². The molecule has 1 heterocycles. The van der Waals surface area contributed by atoms with Crippen molar-refractivity contribution in [2.75, 3.05) is 13.7 Å². The first-order chi connectivity index (χ1) is 12.2. The topological polar surface area (TPSA) is 38.3 Å². The SMILES string of the molecule is COC(CNC(=O)c1ccc(-c2ccsc2)cc1)c1cccc(F)c1. The van der Waals surface area contributed by atoms with Crippen LogP contribution in [0, 0.1) is 5.82 Å². The third-order valence-electron chi connectivity index (χ3n) is 3.95. The summed E-state index contributed by atoms with van der Waals surface area (Å²) in [6.07, 6.45) is -0.398. The molecule has 3 rings (SSSR count). The normalized spacial score (nSPS) is 11.9. The minimum absolute atomic E-state index is 0.185. The number of hydrogen-bond donors (Lipinski definition) is 1. The van der Waals surface area contributed by atoms with Crippen molar-refractivity contribution in [1.82, 2.24) is 5.32 Å². The first kappa shape index (κ1) is 17.3. The molecule has 0 aliphatic carbocycles. The van der Waals surface area contributed by atoms with Gasteiger partial charge in [-0.3, -0.25) is 4.79 Å². The van der Waals surface area contributed by atoms with E-state index in [1.807, 2.05) is 23.6 Å². The van der Waals surface area contributed by atoms with Gasteiger partial charge in [-0.1, -0.05) is 24.3 Å². The summed E-state index contributed by atoms with van der Waals surface area (Å²) in [5, 5.41) is 6.93. The van der Waals surface area contributed by atoms with Gasteiger partial charge in [0.1, 0.15) is 5.82 Å². The Kier molecular flexibility index (Phi) is 5.58. The minimum atomic E-state index is -0.398. The van der Waals surface area contributed by atoms with E-state index in [0.29, 0.717) is 11.1 Å². The number of rotatable bonds is 6. The average Bonchev–Trinajstić information content (AvgIpc) is 3.17. The number of halogens is 1. The summed E-state index contributed by atoms with van der Waals surface area (Å²) in [7, 11) is 1.54. The van der Waals surface area contributed by atoms with Crippen molar-refractivity contribution < 1.29 is 13.9 Å². The Morgan fingerprint density at radius 3 is 2.60 bits per heavy atom. The lowest BCUT2D eigenvalue weighted by Gasteiger charge is -2.16. The van der Waals surface area contributed by atoms with Crippen LogP contribution in [0.1, 0.15) is 22.0 Å². The Balaban J connectivity index is 1.63. The second kappa shape index (κ2) is 8.05. The molecular formula is C20H18FNO2S. The molecule has 1 N–H and O–H groups in total. The molecule has 3 nitrogen and oxygen atoms in total. The third-order valence-corrected chi connectivity index (χ3v) is 4.64. The van der Waals surface area contributed by atoms with E-state index in [2.05, 4.69) is 10.7 Å². The Morgan fingerprint density at radius 1 is 1.16 bits per heavy atom. The van der Waals surface area contributed by atoms with Crippen molar-refractivity contribution in [2.45, 2.75) is 6.10 Å². The van der Waals surface area contributed by atoms with Gasteiger partial charge in [0.25, 0.3) is 5.91 Å². The Morgan fingerprint density at radius 2 is 1.96 bits per heavy atom. The van der Waals surface area contributed by atoms with Gasteiger partial charge in [0, 0.05) is 19.2 Å². The van der Waals surface area contributed by atoms with Crippen molar-refractivity contribution in [2.24, 2.45) is 0 Å². The molecule has 1 atom stereocenters. The summed E-state index contributed by atoms with van der Waals surface area (Å²) >= 11 is 1.64. The summed E-state index contributed by atoms with van der Waals surface area (Å²) in [6, 6.07) is 15.7. The highest BCUT2D eigenvalue weighted by Gasteiger charge is 2.14. The van der Waals surface area contributed by atoms with E-state index in [4.69, 9.17) is 4.74 Å². The molecule has 0 aliphatic rings. The summed E-state index contributed by atoms with van der Waals surface area (Å²) in [6.45, 7) is 0.269. The van der Waals surface area contributed by atoms with E-state index >= 15 is 0 Å². The van der Waals surface area contributed by atoms with Gasteiger partial charge >= 0.3 is 0 Å². The largest absolute Gasteiger partial charge is 0.375 e. The number of carbonyl (C=O) groups excluding carboxylic acids is 1. The quantitative estimate of drug-likeness (QED) is 0.698. The van der Waals surface area contributed by atoms with Gasteiger partial charge in [-0.25, -0.2) is 4.39 Å². The minimum Gasteiger partial charge on any atom is -0.375 e. The Hall–Kier alpha value is -2.50. The van der Waals surface area contributed by atoms with Gasteiger partial charge in [0.05, 0.1) is 6.10 Å². The summed E-state index contributed by atoms with van der Waals surface area (Å²) in [5.41, 5.74) is 3.48. The second-order valence-corrected chi connectivity index (χ2v) is 6.36. The van der Waals surface area contributed by atoms with Gasteiger partial charge in [-0.05, 0) is 57.8 Å². The van der Waals surface area contributed by atoms with E-state index in [1.54, 1.807) is 35.6 Å². The Bertz CT molecular complexity index is 831. The predicted octanol–water partition coefficient (Wildman–Crippen LogP) is 4.67. The molecule has 0 saturated heterocycles. The van der Waals surface area contributed by atoms with E-state index in [9.17, 15) is 9.18 Å². The number of amides is 1. The zero-order chi connectivity index (χ0) is 17.6. The molecule has 3 aromatic rings. The molecule has 1 aromatic heterocycles. The molecule has 2 aromatic carbocycles. The summed E-state index contributed by atoms with van der Waals surface area (Å²) in [4.78, 5) is 12.3. The lowest BCUT2D eigenvalue weighted by molar-refractivity contribution is 0.0827. The van der Waals surface area contributed by atoms with Crippen LogP contribution in [0.4, 0.5) is 4.39 Å². The fourth-order valence-electron chi connectivity index (χ4n) is 2.57. The maximum Gasteiger partial charge on any atom is 0.251 e. The molecule has 1 unspecified atom stereocenters. The lowest BCUT2D eigenvalue weighted by Crippen LogP contribution is -2.29. The van der Waals surface area contributed by atoms with Crippen LogP contribution in [-0.4, -0.2) is 19.6 Å². The van der Waals surface area contributed by atoms with Gasteiger partial charge in [0.15, 0.2) is 0 Å². The number of nitrogens with one attached hydrogen (secondary N) is 1. The Labute approximate surface area is 150 Å². The van der Waals surface area contributed by atoms with Gasteiger partial charge in [0.2, 0.25) is 0 Å². The maximum absolute atomic E-state index is 13.3. The molecule has 0 aliphatic heterocycles. The van der Waals surface area contributed by atoms with Crippen LogP contribution < -0.4 is 5.32 Å². The highest BCUT2D eigenvalue weighted by molar-refractivity contribution is 7.08. The predicted molar refractivity (Wildman–Crippen MR) is 98.2 cm³/mol. The molecular weight excluding hydrogens is 337 g/mol. The van der Waals surface area contributed by atoms with Crippen LogP contribution in [0.3, 0.4) is 0 Å². The highest BCUT2D eigenvalue weighted by Crippen LogP contribution is 2.22. The molecule has 0 fully saturated rings. The number of benzene rings is 2. The van der Waals surface area contributed by atoms with E-state index in [0.717, 1.165) is 11.1 Å². The number of ether oxygens (including phenoxy) is 1. The van der Waals surface area contributed by atoms with Crippen LogP contribution in [0.25, 0.3) is 11.1 Å². The fraction of sp³-hybridized carbons (Fsp3) is 0.150. The van der Waals surface area contributed by atoms with Crippen molar-refractivity contribution in [3.05, 3.63) is 82.3 Å². The zero-order valence-electron chi connectivity index (χ0n) is 13.7. The molecule has 0 spiro atoms. The van der Waals surface area contributed by atoms with Crippen LogP contribution in [0.5, 0.6) is 0 Å². The fourth-order valence-corrected chi connectivity index (χ4v) is 3.24. The van der Waals surface area contributed by atoms with E-state index in [1.165, 1.54) is 19.2 Å². The maximum atomic E-state index is 13.3.